The van der Waals surface area contributed by atoms with Crippen LogP contribution in [0.4, 0.5) is 5.69 Å². The maximum absolute atomic E-state index is 11.9. The van der Waals surface area contributed by atoms with E-state index in [0.29, 0.717) is 12.1 Å². The van der Waals surface area contributed by atoms with Crippen LogP contribution in [0.3, 0.4) is 0 Å². The molecule has 20 heavy (non-hydrogen) atoms. The molecule has 6 nitrogen and oxygen atoms in total. The molecule has 0 aliphatic heterocycles. The summed E-state index contributed by atoms with van der Waals surface area (Å²) in [5.74, 6) is -0.224. The van der Waals surface area contributed by atoms with E-state index in [-0.39, 0.29) is 23.6 Å². The van der Waals surface area contributed by atoms with Crippen molar-refractivity contribution in [1.82, 2.24) is 10.6 Å². The number of carbonyl (C=O) groups is 1. The average Bonchev–Trinajstić information content (AvgIpc) is 2.38. The SMILES string of the molecule is CNCC(C)C(=O)NC(C)c1ccc(C)c([N+](=O)[O-])c1. The van der Waals surface area contributed by atoms with Crippen molar-refractivity contribution in [3.63, 3.8) is 0 Å². The van der Waals surface area contributed by atoms with Gasteiger partial charge in [0.1, 0.15) is 0 Å². The molecule has 0 saturated carbocycles. The Morgan fingerprint density at radius 1 is 1.40 bits per heavy atom. The molecule has 0 spiro atoms. The molecule has 0 aliphatic carbocycles. The summed E-state index contributed by atoms with van der Waals surface area (Å²) in [6, 6.07) is 4.76. The fourth-order valence-electron chi connectivity index (χ4n) is 1.93. The highest BCUT2D eigenvalue weighted by atomic mass is 16.6. The normalized spacial score (nSPS) is 13.6. The summed E-state index contributed by atoms with van der Waals surface area (Å²) in [5, 5.41) is 16.7. The lowest BCUT2D eigenvalue weighted by Crippen LogP contribution is -2.35. The van der Waals surface area contributed by atoms with E-state index in [1.807, 2.05) is 13.8 Å². The number of nitro benzene ring substituents is 1. The molecular weight excluding hydrogens is 258 g/mol. The fourth-order valence-corrected chi connectivity index (χ4v) is 1.93. The number of carbonyl (C=O) groups excluding carboxylic acids is 1. The van der Waals surface area contributed by atoms with Crippen LogP contribution in [0.5, 0.6) is 0 Å². The zero-order valence-electron chi connectivity index (χ0n) is 12.3. The monoisotopic (exact) mass is 279 g/mol. The number of nitro groups is 1. The van der Waals surface area contributed by atoms with E-state index in [1.165, 1.54) is 6.07 Å². The summed E-state index contributed by atoms with van der Waals surface area (Å²) in [7, 11) is 1.79. The van der Waals surface area contributed by atoms with E-state index in [2.05, 4.69) is 10.6 Å². The molecule has 0 aromatic heterocycles. The molecule has 0 aliphatic rings. The smallest absolute Gasteiger partial charge is 0.272 e. The zero-order valence-corrected chi connectivity index (χ0v) is 12.3. The highest BCUT2D eigenvalue weighted by Gasteiger charge is 2.18. The van der Waals surface area contributed by atoms with Crippen molar-refractivity contribution >= 4 is 11.6 Å². The Kier molecular flexibility index (Phi) is 5.64. The summed E-state index contributed by atoms with van der Waals surface area (Å²) >= 11 is 0. The number of aryl methyl sites for hydroxylation is 1. The lowest BCUT2D eigenvalue weighted by molar-refractivity contribution is -0.385. The number of benzene rings is 1. The van der Waals surface area contributed by atoms with Crippen molar-refractivity contribution in [1.29, 1.82) is 0 Å². The Balaban J connectivity index is 2.82. The van der Waals surface area contributed by atoms with Crippen LogP contribution in [0.1, 0.15) is 31.0 Å². The Morgan fingerprint density at radius 3 is 2.60 bits per heavy atom. The van der Waals surface area contributed by atoms with Crippen LogP contribution in [0.25, 0.3) is 0 Å². The number of hydrogen-bond donors (Lipinski definition) is 2. The van der Waals surface area contributed by atoms with Gasteiger partial charge in [0.2, 0.25) is 5.91 Å². The predicted molar refractivity (Wildman–Crippen MR) is 77.5 cm³/mol. The van der Waals surface area contributed by atoms with Crippen LogP contribution in [0.15, 0.2) is 18.2 Å². The lowest BCUT2D eigenvalue weighted by atomic mass is 10.0. The standard InChI is InChI=1S/C14H21N3O3/c1-9-5-6-12(7-13(9)17(19)20)11(3)16-14(18)10(2)8-15-4/h5-7,10-11,15H,8H2,1-4H3,(H,16,18). The van der Waals surface area contributed by atoms with Gasteiger partial charge in [0.05, 0.1) is 11.0 Å². The second-order valence-corrected chi connectivity index (χ2v) is 4.99. The quantitative estimate of drug-likeness (QED) is 0.615. The Morgan fingerprint density at radius 2 is 2.05 bits per heavy atom. The Labute approximate surface area is 118 Å². The van der Waals surface area contributed by atoms with Crippen LogP contribution in [-0.4, -0.2) is 24.4 Å². The molecule has 0 heterocycles. The molecule has 0 fully saturated rings. The van der Waals surface area contributed by atoms with Gasteiger partial charge in [-0.3, -0.25) is 14.9 Å². The molecule has 0 saturated heterocycles. The van der Waals surface area contributed by atoms with Gasteiger partial charge in [0.15, 0.2) is 0 Å². The number of nitrogens with zero attached hydrogens (tertiary/aromatic N) is 1. The number of amides is 1. The summed E-state index contributed by atoms with van der Waals surface area (Å²) in [5.41, 5.74) is 1.42. The molecule has 1 amide bonds. The summed E-state index contributed by atoms with van der Waals surface area (Å²) in [4.78, 5) is 22.4. The lowest BCUT2D eigenvalue weighted by Gasteiger charge is -2.18. The highest BCUT2D eigenvalue weighted by Crippen LogP contribution is 2.23. The van der Waals surface area contributed by atoms with Crippen molar-refractivity contribution in [2.45, 2.75) is 26.8 Å². The van der Waals surface area contributed by atoms with Gasteiger partial charge in [-0.15, -0.1) is 0 Å². The maximum Gasteiger partial charge on any atom is 0.272 e. The highest BCUT2D eigenvalue weighted by molar-refractivity contribution is 5.79. The molecule has 0 radical (unpaired) electrons. The van der Waals surface area contributed by atoms with Gasteiger partial charge in [-0.1, -0.05) is 19.1 Å². The van der Waals surface area contributed by atoms with E-state index in [9.17, 15) is 14.9 Å². The molecule has 2 N–H and O–H groups in total. The third-order valence-corrected chi connectivity index (χ3v) is 3.25. The van der Waals surface area contributed by atoms with E-state index in [4.69, 9.17) is 0 Å². The van der Waals surface area contributed by atoms with Gasteiger partial charge in [-0.05, 0) is 26.5 Å². The third kappa shape index (κ3) is 4.03. The van der Waals surface area contributed by atoms with Crippen LogP contribution in [0.2, 0.25) is 0 Å². The van der Waals surface area contributed by atoms with Crippen molar-refractivity contribution in [2.75, 3.05) is 13.6 Å². The minimum Gasteiger partial charge on any atom is -0.349 e. The van der Waals surface area contributed by atoms with Crippen molar-refractivity contribution in [3.05, 3.63) is 39.4 Å². The second-order valence-electron chi connectivity index (χ2n) is 4.99. The molecule has 1 rings (SSSR count). The van der Waals surface area contributed by atoms with Gasteiger partial charge < -0.3 is 10.6 Å². The van der Waals surface area contributed by atoms with Gasteiger partial charge >= 0.3 is 0 Å². The topological polar surface area (TPSA) is 84.3 Å². The second kappa shape index (κ2) is 7.00. The first-order valence-electron chi connectivity index (χ1n) is 6.56. The molecule has 1 aromatic carbocycles. The van der Waals surface area contributed by atoms with Crippen molar-refractivity contribution in [2.24, 2.45) is 5.92 Å². The van der Waals surface area contributed by atoms with E-state index in [1.54, 1.807) is 26.1 Å². The number of nitrogens with one attached hydrogen (secondary N) is 2. The van der Waals surface area contributed by atoms with Crippen molar-refractivity contribution < 1.29 is 9.72 Å². The maximum atomic E-state index is 11.9. The molecule has 0 bridgehead atoms. The molecule has 110 valence electrons. The van der Waals surface area contributed by atoms with Gasteiger partial charge in [-0.25, -0.2) is 0 Å². The van der Waals surface area contributed by atoms with Crippen LogP contribution < -0.4 is 10.6 Å². The third-order valence-electron chi connectivity index (χ3n) is 3.25. The van der Waals surface area contributed by atoms with Crippen LogP contribution in [0, 0.1) is 23.0 Å². The Bertz CT molecular complexity index is 502. The molecule has 6 heteroatoms. The predicted octanol–water partition coefficient (Wildman–Crippen LogP) is 1.94. The van der Waals surface area contributed by atoms with Gasteiger partial charge in [-0.2, -0.15) is 0 Å². The van der Waals surface area contributed by atoms with E-state index < -0.39 is 4.92 Å². The fraction of sp³-hybridized carbons (Fsp3) is 0.500. The average molecular weight is 279 g/mol. The first kappa shape index (κ1) is 16.1. The molecule has 2 unspecified atom stereocenters. The summed E-state index contributed by atoms with van der Waals surface area (Å²) in [6.45, 7) is 5.93. The van der Waals surface area contributed by atoms with Crippen molar-refractivity contribution in [3.8, 4) is 0 Å². The van der Waals surface area contributed by atoms with Gasteiger partial charge in [0.25, 0.3) is 5.69 Å². The van der Waals surface area contributed by atoms with Crippen LogP contribution >= 0.6 is 0 Å². The van der Waals surface area contributed by atoms with E-state index in [0.717, 1.165) is 5.56 Å². The molecular formula is C14H21N3O3. The first-order chi connectivity index (χ1) is 9.36. The number of rotatable bonds is 6. The summed E-state index contributed by atoms with van der Waals surface area (Å²) < 4.78 is 0. The minimum absolute atomic E-state index is 0.0740. The molecule has 1 aromatic rings. The largest absolute Gasteiger partial charge is 0.349 e. The Hall–Kier alpha value is -1.95. The minimum atomic E-state index is -0.406. The van der Waals surface area contributed by atoms with Gasteiger partial charge in [0, 0.05) is 24.1 Å². The summed E-state index contributed by atoms with van der Waals surface area (Å²) in [6.07, 6.45) is 0. The van der Waals surface area contributed by atoms with E-state index >= 15 is 0 Å². The first-order valence-corrected chi connectivity index (χ1v) is 6.56. The number of hydrogen-bond acceptors (Lipinski definition) is 4. The zero-order chi connectivity index (χ0) is 15.3. The molecule has 2 atom stereocenters. The van der Waals surface area contributed by atoms with Crippen LogP contribution in [-0.2, 0) is 4.79 Å².